The summed E-state index contributed by atoms with van der Waals surface area (Å²) in [6, 6.07) is 1.41. The Balaban J connectivity index is 2.37. The summed E-state index contributed by atoms with van der Waals surface area (Å²) < 4.78 is 13.2. The summed E-state index contributed by atoms with van der Waals surface area (Å²) in [5.74, 6) is -0.188. The highest BCUT2D eigenvalue weighted by atomic mass is 35.5. The van der Waals surface area contributed by atoms with E-state index in [9.17, 15) is 4.39 Å². The van der Waals surface area contributed by atoms with Crippen LogP contribution in [-0.4, -0.2) is 17.6 Å². The molecule has 84 valence electrons. The third-order valence-corrected chi connectivity index (χ3v) is 2.14. The standard InChI is InChI=1S/C10H15ClFN3/c1-7(13)3-2-4-14-10-9(12)5-8(11)6-15-10/h5-7H,2-4,13H2,1H3,(H,14,15). The number of hydrogen-bond acceptors (Lipinski definition) is 3. The Labute approximate surface area is 93.8 Å². The number of rotatable bonds is 5. The number of pyridine rings is 1. The zero-order valence-electron chi connectivity index (χ0n) is 8.63. The van der Waals surface area contributed by atoms with Gasteiger partial charge in [-0.2, -0.15) is 0 Å². The second-order valence-corrected chi connectivity index (χ2v) is 3.97. The van der Waals surface area contributed by atoms with Crippen LogP contribution in [0.25, 0.3) is 0 Å². The van der Waals surface area contributed by atoms with Gasteiger partial charge in [-0.1, -0.05) is 11.6 Å². The average molecular weight is 232 g/mol. The summed E-state index contributed by atoms with van der Waals surface area (Å²) in [5.41, 5.74) is 5.59. The molecule has 0 aliphatic rings. The molecule has 1 heterocycles. The highest BCUT2D eigenvalue weighted by Gasteiger charge is 2.03. The molecule has 3 nitrogen and oxygen atoms in total. The van der Waals surface area contributed by atoms with Gasteiger partial charge in [-0.15, -0.1) is 0 Å². The number of nitrogens with two attached hydrogens (primary N) is 1. The molecule has 1 rings (SSSR count). The highest BCUT2D eigenvalue weighted by molar-refractivity contribution is 6.30. The molecule has 5 heteroatoms. The van der Waals surface area contributed by atoms with E-state index >= 15 is 0 Å². The fourth-order valence-electron chi connectivity index (χ4n) is 1.18. The van der Waals surface area contributed by atoms with Crippen molar-refractivity contribution in [3.8, 4) is 0 Å². The van der Waals surface area contributed by atoms with Crippen molar-refractivity contribution >= 4 is 17.4 Å². The van der Waals surface area contributed by atoms with Gasteiger partial charge in [-0.25, -0.2) is 9.37 Å². The van der Waals surface area contributed by atoms with Crippen LogP contribution in [0.4, 0.5) is 10.2 Å². The van der Waals surface area contributed by atoms with Gasteiger partial charge in [0.2, 0.25) is 0 Å². The zero-order chi connectivity index (χ0) is 11.3. The SMILES string of the molecule is CC(N)CCCNc1ncc(Cl)cc1F. The van der Waals surface area contributed by atoms with Crippen molar-refractivity contribution in [2.24, 2.45) is 5.73 Å². The van der Waals surface area contributed by atoms with E-state index in [-0.39, 0.29) is 11.9 Å². The predicted octanol–water partition coefficient (Wildman–Crippen LogP) is 2.41. The van der Waals surface area contributed by atoms with E-state index in [1.165, 1.54) is 12.3 Å². The molecule has 0 aliphatic carbocycles. The van der Waals surface area contributed by atoms with Crippen molar-refractivity contribution in [2.75, 3.05) is 11.9 Å². The number of nitrogens with one attached hydrogen (secondary N) is 1. The summed E-state index contributed by atoms with van der Waals surface area (Å²) in [4.78, 5) is 3.85. The van der Waals surface area contributed by atoms with Gasteiger partial charge in [0.15, 0.2) is 11.6 Å². The molecule has 0 aromatic carbocycles. The highest BCUT2D eigenvalue weighted by Crippen LogP contribution is 2.15. The van der Waals surface area contributed by atoms with Crippen molar-refractivity contribution < 1.29 is 4.39 Å². The molecular formula is C10H15ClFN3. The van der Waals surface area contributed by atoms with Gasteiger partial charge in [0.05, 0.1) is 5.02 Å². The maximum absolute atomic E-state index is 13.2. The molecular weight excluding hydrogens is 217 g/mol. The molecule has 0 amide bonds. The Morgan fingerprint density at radius 3 is 3.00 bits per heavy atom. The average Bonchev–Trinajstić information content (AvgIpc) is 2.14. The lowest BCUT2D eigenvalue weighted by Gasteiger charge is -2.07. The first-order chi connectivity index (χ1) is 7.09. The van der Waals surface area contributed by atoms with E-state index in [1.54, 1.807) is 0 Å². The van der Waals surface area contributed by atoms with Crippen molar-refractivity contribution in [1.29, 1.82) is 0 Å². The van der Waals surface area contributed by atoms with Crippen LogP contribution in [0.3, 0.4) is 0 Å². The van der Waals surface area contributed by atoms with Crippen LogP contribution in [0.1, 0.15) is 19.8 Å². The Bertz CT molecular complexity index is 318. The molecule has 15 heavy (non-hydrogen) atoms. The largest absolute Gasteiger partial charge is 0.368 e. The Morgan fingerprint density at radius 2 is 2.40 bits per heavy atom. The van der Waals surface area contributed by atoms with Crippen LogP contribution < -0.4 is 11.1 Å². The molecule has 0 spiro atoms. The van der Waals surface area contributed by atoms with Crippen LogP contribution in [0.2, 0.25) is 5.02 Å². The summed E-state index contributed by atoms with van der Waals surface area (Å²) >= 11 is 5.57. The monoisotopic (exact) mass is 231 g/mol. The fraction of sp³-hybridized carbons (Fsp3) is 0.500. The first-order valence-corrected chi connectivity index (χ1v) is 5.28. The molecule has 0 aliphatic heterocycles. The quantitative estimate of drug-likeness (QED) is 0.766. The minimum Gasteiger partial charge on any atom is -0.368 e. The van der Waals surface area contributed by atoms with Gasteiger partial charge in [0.25, 0.3) is 0 Å². The van der Waals surface area contributed by atoms with Gasteiger partial charge >= 0.3 is 0 Å². The second-order valence-electron chi connectivity index (χ2n) is 3.53. The molecule has 1 aromatic heterocycles. The molecule has 1 atom stereocenters. The molecule has 1 aromatic rings. The Morgan fingerprint density at radius 1 is 1.67 bits per heavy atom. The first kappa shape index (κ1) is 12.2. The van der Waals surface area contributed by atoms with Crippen molar-refractivity contribution in [3.63, 3.8) is 0 Å². The first-order valence-electron chi connectivity index (χ1n) is 4.90. The number of anilines is 1. The van der Waals surface area contributed by atoms with E-state index in [1.807, 2.05) is 6.92 Å². The maximum atomic E-state index is 13.2. The van der Waals surface area contributed by atoms with Crippen molar-refractivity contribution in [3.05, 3.63) is 23.1 Å². The van der Waals surface area contributed by atoms with Crippen LogP contribution in [0.15, 0.2) is 12.3 Å². The van der Waals surface area contributed by atoms with E-state index in [0.717, 1.165) is 12.8 Å². The van der Waals surface area contributed by atoms with E-state index in [4.69, 9.17) is 17.3 Å². The molecule has 0 fully saturated rings. The van der Waals surface area contributed by atoms with E-state index in [0.29, 0.717) is 11.6 Å². The Kier molecular flexibility index (Phi) is 4.78. The van der Waals surface area contributed by atoms with Crippen molar-refractivity contribution in [1.82, 2.24) is 4.98 Å². The molecule has 1 unspecified atom stereocenters. The maximum Gasteiger partial charge on any atom is 0.166 e. The summed E-state index contributed by atoms with van der Waals surface area (Å²) in [5, 5.41) is 3.19. The number of hydrogen-bond donors (Lipinski definition) is 2. The molecule has 0 radical (unpaired) electrons. The van der Waals surface area contributed by atoms with Gasteiger partial charge < -0.3 is 11.1 Å². The lowest BCUT2D eigenvalue weighted by molar-refractivity contribution is 0.616. The Hall–Kier alpha value is -0.870. The number of aromatic nitrogens is 1. The lowest BCUT2D eigenvalue weighted by Crippen LogP contribution is -2.16. The second kappa shape index (κ2) is 5.88. The number of nitrogens with zero attached hydrogens (tertiary/aromatic N) is 1. The van der Waals surface area contributed by atoms with Gasteiger partial charge in [-0.05, 0) is 25.8 Å². The topological polar surface area (TPSA) is 50.9 Å². The minimum atomic E-state index is -0.428. The van der Waals surface area contributed by atoms with Crippen LogP contribution in [0.5, 0.6) is 0 Å². The predicted molar refractivity (Wildman–Crippen MR) is 60.6 cm³/mol. The zero-order valence-corrected chi connectivity index (χ0v) is 9.39. The minimum absolute atomic E-state index is 0.176. The molecule has 0 saturated heterocycles. The van der Waals surface area contributed by atoms with Crippen LogP contribution in [0, 0.1) is 5.82 Å². The van der Waals surface area contributed by atoms with Crippen molar-refractivity contribution in [2.45, 2.75) is 25.8 Å². The van der Waals surface area contributed by atoms with Gasteiger partial charge in [0.1, 0.15) is 0 Å². The van der Waals surface area contributed by atoms with E-state index in [2.05, 4.69) is 10.3 Å². The number of halogens is 2. The van der Waals surface area contributed by atoms with Gasteiger partial charge in [-0.3, -0.25) is 0 Å². The molecule has 0 saturated carbocycles. The van der Waals surface area contributed by atoms with Crippen LogP contribution >= 0.6 is 11.6 Å². The third kappa shape index (κ3) is 4.44. The molecule has 0 bridgehead atoms. The summed E-state index contributed by atoms with van der Waals surface area (Å²) in [6.07, 6.45) is 3.21. The fourth-order valence-corrected chi connectivity index (χ4v) is 1.32. The summed E-state index contributed by atoms with van der Waals surface area (Å²) in [7, 11) is 0. The third-order valence-electron chi connectivity index (χ3n) is 1.94. The normalized spacial score (nSPS) is 12.5. The van der Waals surface area contributed by atoms with Crippen LogP contribution in [-0.2, 0) is 0 Å². The van der Waals surface area contributed by atoms with E-state index < -0.39 is 5.82 Å². The summed E-state index contributed by atoms with van der Waals surface area (Å²) in [6.45, 7) is 2.61. The van der Waals surface area contributed by atoms with Gasteiger partial charge in [0, 0.05) is 18.8 Å². The smallest absolute Gasteiger partial charge is 0.166 e. The lowest BCUT2D eigenvalue weighted by atomic mass is 10.2. The molecule has 3 N–H and O–H groups in total.